The summed E-state index contributed by atoms with van der Waals surface area (Å²) in [6, 6.07) is 12.1. The fourth-order valence-corrected chi connectivity index (χ4v) is 5.24. The second kappa shape index (κ2) is 7.23. The molecule has 2 amide bonds. The first-order valence-corrected chi connectivity index (χ1v) is 11.2. The van der Waals surface area contributed by atoms with Crippen molar-refractivity contribution in [1.29, 1.82) is 0 Å². The van der Waals surface area contributed by atoms with Crippen molar-refractivity contribution in [2.24, 2.45) is 0 Å². The maximum atomic E-state index is 13.5. The van der Waals surface area contributed by atoms with Gasteiger partial charge >= 0.3 is 6.03 Å². The lowest BCUT2D eigenvalue weighted by molar-refractivity contribution is 0.255. The highest BCUT2D eigenvalue weighted by Gasteiger charge is 2.40. The van der Waals surface area contributed by atoms with E-state index in [1.54, 1.807) is 17.2 Å². The number of nitrogens with one attached hydrogen (secondary N) is 1. The maximum absolute atomic E-state index is 13.5. The highest BCUT2D eigenvalue weighted by Crippen LogP contribution is 2.40. The minimum Gasteiger partial charge on any atom is -0.366 e. The van der Waals surface area contributed by atoms with Gasteiger partial charge in [0, 0.05) is 30.5 Å². The van der Waals surface area contributed by atoms with Crippen LogP contribution >= 0.6 is 11.3 Å². The minimum absolute atomic E-state index is 0.0354. The van der Waals surface area contributed by atoms with E-state index >= 15 is 0 Å². The number of aromatic nitrogens is 3. The molecule has 32 heavy (non-hydrogen) atoms. The van der Waals surface area contributed by atoms with Gasteiger partial charge in [0.15, 0.2) is 10.9 Å². The van der Waals surface area contributed by atoms with E-state index in [9.17, 15) is 9.18 Å². The summed E-state index contributed by atoms with van der Waals surface area (Å²) in [6.07, 6.45) is 2.67. The van der Waals surface area contributed by atoms with E-state index < -0.39 is 0 Å². The van der Waals surface area contributed by atoms with Crippen molar-refractivity contribution in [3.05, 3.63) is 60.2 Å². The first-order chi connectivity index (χ1) is 15.5. The molecule has 1 saturated heterocycles. The van der Waals surface area contributed by atoms with Crippen LogP contribution < -0.4 is 15.1 Å². The van der Waals surface area contributed by atoms with Crippen LogP contribution in [0.3, 0.4) is 0 Å². The zero-order valence-electron chi connectivity index (χ0n) is 17.2. The second-order valence-corrected chi connectivity index (χ2v) is 9.08. The molecule has 0 spiro atoms. The largest absolute Gasteiger partial charge is 0.366 e. The Hall–Kier alpha value is -3.59. The van der Waals surface area contributed by atoms with Crippen molar-refractivity contribution in [2.75, 3.05) is 28.2 Å². The van der Waals surface area contributed by atoms with E-state index in [1.165, 1.54) is 23.5 Å². The molecule has 160 valence electrons. The number of amides is 2. The molecule has 1 aromatic carbocycles. The zero-order chi connectivity index (χ0) is 21.8. The van der Waals surface area contributed by atoms with Crippen LogP contribution in [-0.4, -0.2) is 40.1 Å². The Morgan fingerprint density at radius 2 is 2.09 bits per heavy atom. The predicted molar refractivity (Wildman–Crippen MR) is 124 cm³/mol. The Morgan fingerprint density at radius 3 is 2.94 bits per heavy atom. The number of urea groups is 1. The number of rotatable bonds is 2. The molecule has 1 atom stereocenters. The van der Waals surface area contributed by atoms with E-state index in [0.29, 0.717) is 21.2 Å². The minimum atomic E-state index is -0.322. The van der Waals surface area contributed by atoms with E-state index in [0.717, 1.165) is 42.1 Å². The summed E-state index contributed by atoms with van der Waals surface area (Å²) in [6.45, 7) is 3.60. The summed E-state index contributed by atoms with van der Waals surface area (Å²) in [4.78, 5) is 31.1. The molecule has 5 heterocycles. The van der Waals surface area contributed by atoms with Crippen molar-refractivity contribution < 1.29 is 9.18 Å². The molecule has 2 bridgehead atoms. The van der Waals surface area contributed by atoms with Gasteiger partial charge in [0.05, 0.1) is 27.6 Å². The number of fused-ring (bicyclic) bond motifs is 5. The van der Waals surface area contributed by atoms with Crippen LogP contribution in [0.5, 0.6) is 0 Å². The molecule has 0 radical (unpaired) electrons. The Morgan fingerprint density at radius 1 is 1.19 bits per heavy atom. The van der Waals surface area contributed by atoms with E-state index in [4.69, 9.17) is 4.98 Å². The molecular weight excluding hydrogens is 427 g/mol. The quantitative estimate of drug-likeness (QED) is 0.477. The van der Waals surface area contributed by atoms with Crippen LogP contribution in [0.2, 0.25) is 0 Å². The topological polar surface area (TPSA) is 74.2 Å². The standard InChI is InChI=1S/C23H19FN6OS/c1-13-2-3-14(11-25-13)17-6-7-19-21(26-17)30(16-8-9-29(19)12-16)23(31)28-22-27-18-5-4-15(24)10-20(18)32-22/h2-7,10-11,16H,8-9,12H2,1H3,(H,27,28,31)/t16-/m0/s1. The van der Waals surface area contributed by atoms with Gasteiger partial charge in [-0.05, 0) is 55.8 Å². The number of thiazole rings is 1. The third kappa shape index (κ3) is 3.16. The summed E-state index contributed by atoms with van der Waals surface area (Å²) in [5, 5.41) is 3.35. The fourth-order valence-electron chi connectivity index (χ4n) is 4.36. The number of pyridine rings is 2. The van der Waals surface area contributed by atoms with Crippen molar-refractivity contribution in [2.45, 2.75) is 19.4 Å². The summed E-state index contributed by atoms with van der Waals surface area (Å²) in [7, 11) is 0. The fraction of sp³-hybridized carbons (Fsp3) is 0.217. The maximum Gasteiger partial charge on any atom is 0.329 e. The third-order valence-corrected chi connectivity index (χ3v) is 6.88. The van der Waals surface area contributed by atoms with Gasteiger partial charge in [-0.1, -0.05) is 11.3 Å². The molecule has 2 aliphatic rings. The molecule has 6 rings (SSSR count). The van der Waals surface area contributed by atoms with Gasteiger partial charge in [-0.15, -0.1) is 0 Å². The van der Waals surface area contributed by atoms with Crippen LogP contribution in [0.4, 0.5) is 25.8 Å². The number of anilines is 3. The molecule has 4 aromatic rings. The first-order valence-electron chi connectivity index (χ1n) is 10.4. The number of benzene rings is 1. The molecular formula is C23H19FN6OS. The number of carbonyl (C=O) groups is 1. The van der Waals surface area contributed by atoms with Gasteiger partial charge in [0.1, 0.15) is 5.82 Å². The van der Waals surface area contributed by atoms with Crippen LogP contribution in [-0.2, 0) is 0 Å². The molecule has 9 heteroatoms. The predicted octanol–water partition coefficient (Wildman–Crippen LogP) is 4.83. The highest BCUT2D eigenvalue weighted by molar-refractivity contribution is 7.22. The van der Waals surface area contributed by atoms with Gasteiger partial charge < -0.3 is 4.90 Å². The van der Waals surface area contributed by atoms with Gasteiger partial charge in [-0.2, -0.15) is 0 Å². The summed E-state index contributed by atoms with van der Waals surface area (Å²) in [5.41, 5.74) is 4.22. The molecule has 0 unspecified atom stereocenters. The summed E-state index contributed by atoms with van der Waals surface area (Å²) < 4.78 is 14.2. The number of aryl methyl sites for hydroxylation is 1. The normalized spacial score (nSPS) is 17.0. The van der Waals surface area contributed by atoms with Gasteiger partial charge in [0.2, 0.25) is 0 Å². The lowest BCUT2D eigenvalue weighted by Crippen LogP contribution is -2.48. The number of nitrogens with zero attached hydrogens (tertiary/aromatic N) is 5. The molecule has 0 aliphatic carbocycles. The van der Waals surface area contributed by atoms with E-state index in [1.807, 2.05) is 31.2 Å². The lowest BCUT2D eigenvalue weighted by atomic mass is 10.1. The van der Waals surface area contributed by atoms with Gasteiger partial charge in [-0.25, -0.2) is 19.2 Å². The van der Waals surface area contributed by atoms with Crippen LogP contribution in [0.25, 0.3) is 21.5 Å². The number of carbonyl (C=O) groups excluding carboxylic acids is 1. The van der Waals surface area contributed by atoms with Crippen molar-refractivity contribution in [3.8, 4) is 11.3 Å². The smallest absolute Gasteiger partial charge is 0.329 e. The Bertz CT molecular complexity index is 1350. The van der Waals surface area contributed by atoms with E-state index in [-0.39, 0.29) is 17.9 Å². The molecule has 1 N–H and O–H groups in total. The number of hydrogen-bond donors (Lipinski definition) is 1. The Balaban J connectivity index is 1.36. The highest BCUT2D eigenvalue weighted by atomic mass is 32.1. The molecule has 3 aromatic heterocycles. The van der Waals surface area contributed by atoms with Gasteiger partial charge in [-0.3, -0.25) is 15.2 Å². The second-order valence-electron chi connectivity index (χ2n) is 8.05. The van der Waals surface area contributed by atoms with Crippen molar-refractivity contribution in [3.63, 3.8) is 0 Å². The lowest BCUT2D eigenvalue weighted by Gasteiger charge is -2.35. The number of halogens is 1. The monoisotopic (exact) mass is 446 g/mol. The molecule has 7 nitrogen and oxygen atoms in total. The van der Waals surface area contributed by atoms with Crippen LogP contribution in [0.15, 0.2) is 48.7 Å². The molecule has 1 fully saturated rings. The Labute approximate surface area is 187 Å². The van der Waals surface area contributed by atoms with Crippen LogP contribution in [0.1, 0.15) is 12.1 Å². The molecule has 2 aliphatic heterocycles. The Kier molecular flexibility index (Phi) is 4.32. The molecule has 0 saturated carbocycles. The summed E-state index contributed by atoms with van der Waals surface area (Å²) in [5.74, 6) is 0.318. The van der Waals surface area contributed by atoms with Gasteiger partial charge in [0.25, 0.3) is 0 Å². The average molecular weight is 447 g/mol. The van der Waals surface area contributed by atoms with Crippen molar-refractivity contribution >= 4 is 44.2 Å². The van der Waals surface area contributed by atoms with Crippen molar-refractivity contribution in [1.82, 2.24) is 15.0 Å². The SMILES string of the molecule is Cc1ccc(-c2ccc3c(n2)N(C(=O)Nc2nc4ccc(F)cc4s2)[C@H]2CCN3C2)cn1. The van der Waals surface area contributed by atoms with E-state index in [2.05, 4.69) is 20.2 Å². The summed E-state index contributed by atoms with van der Waals surface area (Å²) >= 11 is 1.26. The average Bonchev–Trinajstić information content (AvgIpc) is 3.38. The zero-order valence-corrected chi connectivity index (χ0v) is 18.1. The first kappa shape index (κ1) is 19.1. The number of hydrogen-bond acceptors (Lipinski definition) is 6. The van der Waals surface area contributed by atoms with Crippen LogP contribution in [0, 0.1) is 12.7 Å². The third-order valence-electron chi connectivity index (χ3n) is 5.94.